The second-order valence-electron chi connectivity index (χ2n) is 0.408. The summed E-state index contributed by atoms with van der Waals surface area (Å²) in [4.78, 5) is 0. The van der Waals surface area contributed by atoms with Crippen LogP contribution in [0, 0.1) is 0 Å². The van der Waals surface area contributed by atoms with E-state index in [0.29, 0.717) is 0 Å². The van der Waals surface area contributed by atoms with Gasteiger partial charge in [0.15, 0.2) is 0 Å². The fourth-order valence-electron chi connectivity index (χ4n) is 0. The number of quaternary nitrogens is 2. The van der Waals surface area contributed by atoms with E-state index < -0.39 is 16.7 Å². The first kappa shape index (κ1) is 16.0. The third kappa shape index (κ3) is 126000. The van der Waals surface area contributed by atoms with Gasteiger partial charge in [0.1, 0.15) is 0 Å². The van der Waals surface area contributed by atoms with Gasteiger partial charge in [0.25, 0.3) is 0 Å². The van der Waals surface area contributed by atoms with E-state index in [1.807, 2.05) is 0 Å². The summed E-state index contributed by atoms with van der Waals surface area (Å²) in [7, 11) is 0. The average molecular weight is 314 g/mol. The van der Waals surface area contributed by atoms with Gasteiger partial charge in [-0.05, 0) is 0 Å². The Bertz CT molecular complexity index is 95.7. The van der Waals surface area contributed by atoms with E-state index in [0.717, 1.165) is 0 Å². The molecule has 0 atom stereocenters. The van der Waals surface area contributed by atoms with E-state index in [-0.39, 0.29) is 0 Å². The van der Waals surface area contributed by atoms with Crippen LogP contribution in [0.25, 0.3) is 0 Å². The van der Waals surface area contributed by atoms with Crippen molar-refractivity contribution in [2.45, 2.75) is 0 Å². The number of hydrogen-bond acceptors (Lipinski definition) is 6. The van der Waals surface area contributed by atoms with Crippen LogP contribution in [0.4, 0.5) is 0 Å². The average Bonchev–Trinajstić information content (AvgIpc) is 1.72. The molecule has 0 fully saturated rings. The first-order chi connectivity index (χ1) is 4.00. The summed E-state index contributed by atoms with van der Waals surface area (Å²) in [5.74, 6) is 14.0. The molecule has 0 radical (unpaired) electrons. The molecule has 60 valence electrons. The molecule has 0 saturated carbocycles. The van der Waals surface area contributed by atoms with Crippen molar-refractivity contribution in [1.29, 1.82) is 0 Å². The third-order valence-corrected chi connectivity index (χ3v) is 0. The Kier molecular flexibility index (Phi) is 19.5. The zero-order valence-corrected chi connectivity index (χ0v) is 7.54. The van der Waals surface area contributed by atoms with E-state index in [2.05, 4.69) is 23.4 Å². The van der Waals surface area contributed by atoms with Gasteiger partial charge in [0.2, 0.25) is 0 Å². The Morgan fingerprint density at radius 3 is 1.00 bits per heavy atom. The van der Waals surface area contributed by atoms with Crippen molar-refractivity contribution in [1.82, 2.24) is 0 Å². The third-order valence-electron chi connectivity index (χ3n) is 0. The molecular formula is H10N4O4W. The predicted octanol–water partition coefficient (Wildman–Crippen LogP) is -6.41. The van der Waals surface area contributed by atoms with Crippen LogP contribution in [0.2, 0.25) is 0 Å². The van der Waals surface area contributed by atoms with Crippen LogP contribution >= 0.6 is 0 Å². The van der Waals surface area contributed by atoms with Gasteiger partial charge in [-0.1, -0.05) is 0 Å². The fourth-order valence-corrected chi connectivity index (χ4v) is 0. The quantitative estimate of drug-likeness (QED) is 0.254. The Hall–Kier alpha value is 0.0483. The van der Waals surface area contributed by atoms with Crippen molar-refractivity contribution in [2.24, 2.45) is 11.7 Å². The molecule has 0 saturated heterocycles. The van der Waals surface area contributed by atoms with Gasteiger partial charge in [0, 0.05) is 0 Å². The molecule has 0 aromatic rings. The first-order valence-corrected chi connectivity index (χ1v) is 6.27. The summed E-state index contributed by atoms with van der Waals surface area (Å²) in [6.45, 7) is 0. The normalized spacial score (nSPS) is 7.78. The summed E-state index contributed by atoms with van der Waals surface area (Å²) >= 11 is -6.17. The molecule has 0 bridgehead atoms. The van der Waals surface area contributed by atoms with Crippen molar-refractivity contribution >= 4 is 0 Å². The number of hydrogen-bond donors (Lipinski definition) is 4. The summed E-state index contributed by atoms with van der Waals surface area (Å²) in [5, 5.41) is 0. The number of nitrogens with two attached hydrogens (primary N) is 2. The van der Waals surface area contributed by atoms with E-state index in [1.54, 1.807) is 0 Å². The van der Waals surface area contributed by atoms with Crippen molar-refractivity contribution < 1.29 is 42.7 Å². The molecule has 0 aliphatic heterocycles. The van der Waals surface area contributed by atoms with Crippen molar-refractivity contribution in [3.63, 3.8) is 0 Å². The maximum atomic E-state index is 8.65. The zero-order chi connectivity index (χ0) is 8.50. The maximum absolute atomic E-state index is 8.65. The Morgan fingerprint density at radius 1 is 1.00 bits per heavy atom. The second-order valence-corrected chi connectivity index (χ2v) is 3.34. The molecule has 0 amide bonds. The summed E-state index contributed by atoms with van der Waals surface area (Å²) in [5.41, 5.74) is 0. The van der Waals surface area contributed by atoms with Gasteiger partial charge in [-0.3, -0.25) is 11.7 Å². The first-order valence-electron chi connectivity index (χ1n) is 1.48. The van der Waals surface area contributed by atoms with Crippen LogP contribution in [0.5, 0.6) is 0 Å². The van der Waals surface area contributed by atoms with Gasteiger partial charge >= 0.3 is 31.1 Å². The Labute approximate surface area is 55.1 Å². The van der Waals surface area contributed by atoms with Gasteiger partial charge in [0.05, 0.1) is 0 Å². The molecule has 0 aromatic carbocycles. The topological polar surface area (TPSA) is 188 Å². The van der Waals surface area contributed by atoms with Crippen LogP contribution in [-0.4, -0.2) is 0 Å². The van der Waals surface area contributed by atoms with Crippen LogP contribution in [0.15, 0.2) is 0 Å². The van der Waals surface area contributed by atoms with Crippen molar-refractivity contribution in [2.75, 3.05) is 0 Å². The van der Waals surface area contributed by atoms with Crippen molar-refractivity contribution in [3.05, 3.63) is 0 Å². The molecule has 0 rings (SSSR count). The minimum atomic E-state index is -6.17. The van der Waals surface area contributed by atoms with Gasteiger partial charge in [-0.25, -0.2) is 0 Å². The van der Waals surface area contributed by atoms with E-state index in [9.17, 15) is 0 Å². The molecular weight excluding hydrogens is 304 g/mol. The van der Waals surface area contributed by atoms with Gasteiger partial charge < -0.3 is 0 Å². The minimum absolute atomic E-state index is 2.75. The standard InChI is InChI=1S/2H4N2.4O.W/c2*1-2;;;;;/h2*1-2H2;;;;;/q;;;;2*-1;/p+2. The molecule has 9 heavy (non-hydrogen) atoms. The fraction of sp³-hybridized carbons (Fsp3) is 0. The summed E-state index contributed by atoms with van der Waals surface area (Å²) in [6.07, 6.45) is 0. The van der Waals surface area contributed by atoms with Gasteiger partial charge in [-0.2, -0.15) is 11.7 Å². The molecule has 8 nitrogen and oxygen atoms in total. The van der Waals surface area contributed by atoms with Crippen LogP contribution < -0.4 is 30.9 Å². The molecule has 0 spiro atoms. The van der Waals surface area contributed by atoms with E-state index in [4.69, 9.17) is 14.3 Å². The van der Waals surface area contributed by atoms with E-state index in [1.165, 1.54) is 0 Å². The van der Waals surface area contributed by atoms with Crippen LogP contribution in [-0.2, 0) is 23.5 Å². The van der Waals surface area contributed by atoms with Crippen LogP contribution in [0.3, 0.4) is 0 Å². The zero-order valence-electron chi connectivity index (χ0n) is 4.61. The predicted molar refractivity (Wildman–Crippen MR) is 15.5 cm³/mol. The second kappa shape index (κ2) is 10.9. The molecule has 0 heterocycles. The molecule has 0 aliphatic carbocycles. The molecule has 9 heteroatoms. The monoisotopic (exact) mass is 314 g/mol. The van der Waals surface area contributed by atoms with Gasteiger partial charge in [-0.15, -0.1) is 0 Å². The summed E-state index contributed by atoms with van der Waals surface area (Å²) in [6, 6.07) is 0. The Balaban J connectivity index is -0.0000000771. The van der Waals surface area contributed by atoms with Crippen molar-refractivity contribution in [3.8, 4) is 0 Å². The number of rotatable bonds is 0. The molecule has 0 unspecified atom stereocenters. The summed E-state index contributed by atoms with van der Waals surface area (Å²) < 4.78 is 34.6. The molecule has 0 aromatic heterocycles. The SMILES string of the molecule is N[NH3+].N[NH3+].[O]=[W](=[O])([O-])[O-]. The Morgan fingerprint density at radius 2 is 1.00 bits per heavy atom. The molecule has 0 aliphatic rings. The molecule has 10 N–H and O–H groups in total. The van der Waals surface area contributed by atoms with E-state index >= 15 is 0 Å². The van der Waals surface area contributed by atoms with Crippen LogP contribution in [0.1, 0.15) is 0 Å².